The first kappa shape index (κ1) is 27.0. The van der Waals surface area contributed by atoms with E-state index < -0.39 is 17.7 Å². The molecule has 1 amide bonds. The van der Waals surface area contributed by atoms with E-state index >= 15 is 0 Å². The Kier molecular flexibility index (Phi) is 7.91. The standard InChI is InChI=1S/C32H35NO5/c1-19(2)18-38-25-12-10-23(11-13-25)17-33-29(24-9-7-8-20(3)14-24)28(31(35)32(33)36)30(34)26-15-22(5)27(37-6)16-21(26)4/h7-16,19,29,34H,17-18H2,1-6H3/b30-28+. The van der Waals surface area contributed by atoms with Crippen LogP contribution >= 0.6 is 0 Å². The predicted molar refractivity (Wildman–Crippen MR) is 148 cm³/mol. The minimum Gasteiger partial charge on any atom is -0.507 e. The van der Waals surface area contributed by atoms with Crippen molar-refractivity contribution in [1.29, 1.82) is 0 Å². The van der Waals surface area contributed by atoms with Crippen molar-refractivity contribution in [2.75, 3.05) is 13.7 Å². The van der Waals surface area contributed by atoms with Crippen molar-refractivity contribution in [3.63, 3.8) is 0 Å². The molecule has 1 N–H and O–H groups in total. The summed E-state index contributed by atoms with van der Waals surface area (Å²) in [7, 11) is 1.59. The number of carbonyl (C=O) groups excluding carboxylic acids is 2. The van der Waals surface area contributed by atoms with Gasteiger partial charge in [-0.15, -0.1) is 0 Å². The zero-order valence-corrected chi connectivity index (χ0v) is 22.9. The number of ketones is 1. The quantitative estimate of drug-likeness (QED) is 0.218. The SMILES string of the molecule is COc1cc(C)c(/C(O)=C2\C(=O)C(=O)N(Cc3ccc(OCC(C)C)cc3)C2c2cccc(C)c2)cc1C. The molecule has 3 aromatic carbocycles. The van der Waals surface area contributed by atoms with Crippen LogP contribution in [0.2, 0.25) is 0 Å². The monoisotopic (exact) mass is 513 g/mol. The average molecular weight is 514 g/mol. The summed E-state index contributed by atoms with van der Waals surface area (Å²) in [5.41, 5.74) is 4.78. The van der Waals surface area contributed by atoms with E-state index in [4.69, 9.17) is 9.47 Å². The molecule has 0 spiro atoms. The molecular weight excluding hydrogens is 478 g/mol. The van der Waals surface area contributed by atoms with Crippen LogP contribution in [0.3, 0.4) is 0 Å². The number of benzene rings is 3. The third-order valence-electron chi connectivity index (χ3n) is 6.75. The van der Waals surface area contributed by atoms with E-state index in [-0.39, 0.29) is 17.9 Å². The van der Waals surface area contributed by atoms with Gasteiger partial charge in [0, 0.05) is 12.1 Å². The Hall–Kier alpha value is -4.06. The molecule has 3 aromatic rings. The smallest absolute Gasteiger partial charge is 0.295 e. The molecule has 1 unspecified atom stereocenters. The van der Waals surface area contributed by atoms with Crippen LogP contribution in [0.1, 0.15) is 53.3 Å². The first-order chi connectivity index (χ1) is 18.1. The fourth-order valence-corrected chi connectivity index (χ4v) is 4.79. The van der Waals surface area contributed by atoms with E-state index in [1.165, 1.54) is 0 Å². The highest BCUT2D eigenvalue weighted by molar-refractivity contribution is 6.46. The molecule has 1 saturated heterocycles. The second-order valence-electron chi connectivity index (χ2n) is 10.3. The Morgan fingerprint density at radius 1 is 0.974 bits per heavy atom. The maximum atomic E-state index is 13.5. The molecule has 4 rings (SSSR count). The number of rotatable bonds is 8. The number of likely N-dealkylation sites (tertiary alicyclic amines) is 1. The zero-order chi connectivity index (χ0) is 27.6. The van der Waals surface area contributed by atoms with Crippen molar-refractivity contribution in [3.05, 3.63) is 99.6 Å². The number of aliphatic hydroxyl groups excluding tert-OH is 1. The fraction of sp³-hybridized carbons (Fsp3) is 0.312. The number of aliphatic hydroxyl groups is 1. The maximum Gasteiger partial charge on any atom is 0.295 e. The molecule has 0 aliphatic carbocycles. The number of methoxy groups -OCH3 is 1. The molecule has 6 nitrogen and oxygen atoms in total. The number of amides is 1. The minimum atomic E-state index is -0.728. The highest BCUT2D eigenvalue weighted by Gasteiger charge is 2.46. The average Bonchev–Trinajstić information content (AvgIpc) is 3.13. The van der Waals surface area contributed by atoms with Gasteiger partial charge in [-0.2, -0.15) is 0 Å². The Morgan fingerprint density at radius 2 is 1.68 bits per heavy atom. The zero-order valence-electron chi connectivity index (χ0n) is 22.9. The fourth-order valence-electron chi connectivity index (χ4n) is 4.79. The number of aryl methyl sites for hydroxylation is 3. The van der Waals surface area contributed by atoms with E-state index in [0.29, 0.717) is 23.8 Å². The van der Waals surface area contributed by atoms with Gasteiger partial charge in [0.05, 0.1) is 25.3 Å². The molecule has 1 atom stereocenters. The minimum absolute atomic E-state index is 0.0881. The summed E-state index contributed by atoms with van der Waals surface area (Å²) >= 11 is 0. The number of nitrogens with zero attached hydrogens (tertiary/aromatic N) is 1. The van der Waals surface area contributed by atoms with E-state index in [0.717, 1.165) is 33.6 Å². The van der Waals surface area contributed by atoms with Crippen LogP contribution in [0, 0.1) is 26.7 Å². The lowest BCUT2D eigenvalue weighted by molar-refractivity contribution is -0.140. The lowest BCUT2D eigenvalue weighted by Crippen LogP contribution is -2.29. The van der Waals surface area contributed by atoms with Gasteiger partial charge >= 0.3 is 0 Å². The third-order valence-corrected chi connectivity index (χ3v) is 6.75. The van der Waals surface area contributed by atoms with Crippen LogP contribution in [0.15, 0.2) is 66.2 Å². The van der Waals surface area contributed by atoms with Crippen LogP contribution < -0.4 is 9.47 Å². The van der Waals surface area contributed by atoms with Crippen molar-refractivity contribution in [2.24, 2.45) is 5.92 Å². The molecule has 0 saturated carbocycles. The van der Waals surface area contributed by atoms with Crippen molar-refractivity contribution in [2.45, 2.75) is 47.2 Å². The van der Waals surface area contributed by atoms with Gasteiger partial charge in [-0.1, -0.05) is 55.8 Å². The predicted octanol–water partition coefficient (Wildman–Crippen LogP) is 6.28. The molecule has 1 aliphatic heterocycles. The summed E-state index contributed by atoms with van der Waals surface area (Å²) in [5, 5.41) is 11.5. The number of carbonyl (C=O) groups is 2. The van der Waals surface area contributed by atoms with Crippen molar-refractivity contribution < 1.29 is 24.2 Å². The summed E-state index contributed by atoms with van der Waals surface area (Å²) in [6.07, 6.45) is 0. The Morgan fingerprint density at radius 3 is 2.32 bits per heavy atom. The molecular formula is C32H35NO5. The summed E-state index contributed by atoms with van der Waals surface area (Å²) < 4.78 is 11.2. The maximum absolute atomic E-state index is 13.5. The number of Topliss-reactive ketones (excluding diaryl/α,β-unsaturated/α-hetero) is 1. The van der Waals surface area contributed by atoms with Crippen LogP contribution in [-0.2, 0) is 16.1 Å². The molecule has 1 heterocycles. The summed E-state index contributed by atoms with van der Waals surface area (Å²) in [4.78, 5) is 28.4. The second kappa shape index (κ2) is 11.1. The molecule has 6 heteroatoms. The molecule has 198 valence electrons. The van der Waals surface area contributed by atoms with Crippen LogP contribution in [-0.4, -0.2) is 35.4 Å². The van der Waals surface area contributed by atoms with E-state index in [1.807, 2.05) is 75.4 Å². The first-order valence-corrected chi connectivity index (χ1v) is 12.8. The Bertz CT molecular complexity index is 1390. The molecule has 0 aromatic heterocycles. The lowest BCUT2D eigenvalue weighted by atomic mass is 9.92. The number of hydrogen-bond acceptors (Lipinski definition) is 5. The Labute approximate surface area is 224 Å². The second-order valence-corrected chi connectivity index (χ2v) is 10.3. The normalized spacial score (nSPS) is 16.8. The van der Waals surface area contributed by atoms with Crippen LogP contribution in [0.25, 0.3) is 5.76 Å². The van der Waals surface area contributed by atoms with Gasteiger partial charge < -0.3 is 19.5 Å². The van der Waals surface area contributed by atoms with Crippen LogP contribution in [0.4, 0.5) is 0 Å². The molecule has 38 heavy (non-hydrogen) atoms. The van der Waals surface area contributed by atoms with E-state index in [1.54, 1.807) is 18.1 Å². The van der Waals surface area contributed by atoms with Gasteiger partial charge in [-0.05, 0) is 73.2 Å². The van der Waals surface area contributed by atoms with Gasteiger partial charge in [-0.25, -0.2) is 0 Å². The number of ether oxygens (including phenoxy) is 2. The van der Waals surface area contributed by atoms with E-state index in [9.17, 15) is 14.7 Å². The summed E-state index contributed by atoms with van der Waals surface area (Å²) in [6, 6.07) is 18.1. The van der Waals surface area contributed by atoms with Gasteiger partial charge in [0.2, 0.25) is 0 Å². The van der Waals surface area contributed by atoms with Gasteiger partial charge in [-0.3, -0.25) is 9.59 Å². The highest BCUT2D eigenvalue weighted by Crippen LogP contribution is 2.41. The lowest BCUT2D eigenvalue weighted by Gasteiger charge is -2.26. The first-order valence-electron chi connectivity index (χ1n) is 12.8. The third kappa shape index (κ3) is 5.44. The molecule has 1 fully saturated rings. The van der Waals surface area contributed by atoms with Gasteiger partial charge in [0.1, 0.15) is 17.3 Å². The van der Waals surface area contributed by atoms with Crippen LogP contribution in [0.5, 0.6) is 11.5 Å². The van der Waals surface area contributed by atoms with Gasteiger partial charge in [0.25, 0.3) is 11.7 Å². The summed E-state index contributed by atoms with van der Waals surface area (Å²) in [6.45, 7) is 10.7. The molecule has 0 radical (unpaired) electrons. The molecule has 1 aliphatic rings. The van der Waals surface area contributed by atoms with Crippen molar-refractivity contribution >= 4 is 17.4 Å². The van der Waals surface area contributed by atoms with Crippen molar-refractivity contribution in [3.8, 4) is 11.5 Å². The van der Waals surface area contributed by atoms with E-state index in [2.05, 4.69) is 13.8 Å². The largest absolute Gasteiger partial charge is 0.507 e. The molecule has 0 bridgehead atoms. The summed E-state index contributed by atoms with van der Waals surface area (Å²) in [5.74, 6) is 0.340. The highest BCUT2D eigenvalue weighted by atomic mass is 16.5. The van der Waals surface area contributed by atoms with Crippen molar-refractivity contribution in [1.82, 2.24) is 4.90 Å². The number of hydrogen-bond donors (Lipinski definition) is 1. The topological polar surface area (TPSA) is 76.1 Å². The van der Waals surface area contributed by atoms with Gasteiger partial charge in [0.15, 0.2) is 0 Å². The Balaban J connectivity index is 1.78.